The van der Waals surface area contributed by atoms with Crippen molar-refractivity contribution in [2.45, 2.75) is 39.7 Å². The van der Waals surface area contributed by atoms with E-state index in [1.54, 1.807) is 13.0 Å². The highest BCUT2D eigenvalue weighted by Crippen LogP contribution is 2.24. The number of nitrogens with one attached hydrogen (secondary N) is 2. The van der Waals surface area contributed by atoms with Crippen LogP contribution in [0.4, 0.5) is 0 Å². The summed E-state index contributed by atoms with van der Waals surface area (Å²) in [5, 5.41) is 14.8. The van der Waals surface area contributed by atoms with Crippen molar-refractivity contribution in [1.29, 1.82) is 0 Å². The quantitative estimate of drug-likeness (QED) is 0.674. The molecule has 0 aliphatic heterocycles. The lowest BCUT2D eigenvalue weighted by Crippen LogP contribution is -2.48. The van der Waals surface area contributed by atoms with E-state index in [-0.39, 0.29) is 23.7 Å². The Balaban J connectivity index is 2.49. The Morgan fingerprint density at radius 2 is 2.05 bits per heavy atom. The topological polar surface area (TPSA) is 91.6 Å². The van der Waals surface area contributed by atoms with E-state index < -0.39 is 11.9 Å². The van der Waals surface area contributed by atoms with Crippen LogP contribution >= 0.6 is 0 Å². The van der Waals surface area contributed by atoms with Gasteiger partial charge in [-0.05, 0) is 31.9 Å². The summed E-state index contributed by atoms with van der Waals surface area (Å²) in [6, 6.07) is 2.47. The van der Waals surface area contributed by atoms with Crippen LogP contribution in [0.1, 0.15) is 44.2 Å². The normalized spacial score (nSPS) is 12.8. The summed E-state index contributed by atoms with van der Waals surface area (Å²) in [6.45, 7) is 5.97. The maximum absolute atomic E-state index is 12.0. The standard InChI is InChI=1S/C15H24N2O4/c1-4-15(5-2,10-18)9-16-13(19)11(3)17-14(20)12-7-6-8-21-12/h6-8,11,18H,4-5,9-10H2,1-3H3,(H,16,19)(H,17,20). The zero-order valence-electron chi connectivity index (χ0n) is 12.8. The van der Waals surface area contributed by atoms with Crippen molar-refractivity contribution >= 4 is 11.8 Å². The maximum Gasteiger partial charge on any atom is 0.287 e. The molecule has 1 heterocycles. The van der Waals surface area contributed by atoms with Crippen LogP contribution in [0, 0.1) is 5.41 Å². The minimum absolute atomic E-state index is 0.0212. The number of furan rings is 1. The lowest BCUT2D eigenvalue weighted by atomic mass is 9.83. The van der Waals surface area contributed by atoms with E-state index in [0.717, 1.165) is 12.8 Å². The number of hydrogen-bond acceptors (Lipinski definition) is 4. The van der Waals surface area contributed by atoms with E-state index in [1.165, 1.54) is 12.3 Å². The Morgan fingerprint density at radius 1 is 1.38 bits per heavy atom. The van der Waals surface area contributed by atoms with E-state index in [2.05, 4.69) is 10.6 Å². The zero-order valence-corrected chi connectivity index (χ0v) is 12.8. The zero-order chi connectivity index (χ0) is 15.9. The first-order chi connectivity index (χ1) is 9.98. The fraction of sp³-hybridized carbons (Fsp3) is 0.600. The van der Waals surface area contributed by atoms with E-state index in [4.69, 9.17) is 4.42 Å². The summed E-state index contributed by atoms with van der Waals surface area (Å²) in [5.74, 6) is -0.543. The number of aliphatic hydroxyl groups is 1. The van der Waals surface area contributed by atoms with Crippen LogP contribution in [0.5, 0.6) is 0 Å². The molecule has 1 unspecified atom stereocenters. The molecular weight excluding hydrogens is 272 g/mol. The van der Waals surface area contributed by atoms with Gasteiger partial charge in [0, 0.05) is 12.0 Å². The van der Waals surface area contributed by atoms with Gasteiger partial charge in [0.2, 0.25) is 5.91 Å². The first-order valence-electron chi connectivity index (χ1n) is 7.21. The molecule has 0 spiro atoms. The average molecular weight is 296 g/mol. The number of hydrogen-bond donors (Lipinski definition) is 3. The molecule has 0 saturated carbocycles. The van der Waals surface area contributed by atoms with Crippen molar-refractivity contribution < 1.29 is 19.1 Å². The fourth-order valence-electron chi connectivity index (χ4n) is 1.95. The van der Waals surface area contributed by atoms with Crippen molar-refractivity contribution in [3.05, 3.63) is 24.2 Å². The molecule has 1 aromatic rings. The Labute approximate surface area is 124 Å². The molecule has 6 nitrogen and oxygen atoms in total. The van der Waals surface area contributed by atoms with Gasteiger partial charge in [0.15, 0.2) is 5.76 Å². The molecule has 1 aromatic heterocycles. The predicted molar refractivity (Wildman–Crippen MR) is 78.7 cm³/mol. The van der Waals surface area contributed by atoms with Gasteiger partial charge in [0.05, 0.1) is 12.9 Å². The minimum Gasteiger partial charge on any atom is -0.459 e. The number of carbonyl (C=O) groups excluding carboxylic acids is 2. The molecule has 0 aliphatic carbocycles. The van der Waals surface area contributed by atoms with Crippen LogP contribution in [0.25, 0.3) is 0 Å². The Morgan fingerprint density at radius 3 is 2.52 bits per heavy atom. The average Bonchev–Trinajstić information content (AvgIpc) is 3.03. The smallest absolute Gasteiger partial charge is 0.287 e. The summed E-state index contributed by atoms with van der Waals surface area (Å²) in [4.78, 5) is 23.8. The van der Waals surface area contributed by atoms with Crippen LogP contribution in [-0.2, 0) is 4.79 Å². The SMILES string of the molecule is CCC(CC)(CO)CNC(=O)C(C)NC(=O)c1ccco1. The number of amides is 2. The molecule has 0 saturated heterocycles. The van der Waals surface area contributed by atoms with Gasteiger partial charge in [-0.1, -0.05) is 13.8 Å². The maximum atomic E-state index is 12.0. The summed E-state index contributed by atoms with van der Waals surface area (Å²) < 4.78 is 4.97. The second kappa shape index (κ2) is 7.83. The van der Waals surface area contributed by atoms with Crippen LogP contribution in [-0.4, -0.2) is 36.1 Å². The molecule has 0 aromatic carbocycles. The molecule has 0 aliphatic rings. The van der Waals surface area contributed by atoms with E-state index in [9.17, 15) is 14.7 Å². The third-order valence-corrected chi connectivity index (χ3v) is 3.96. The monoisotopic (exact) mass is 296 g/mol. The lowest BCUT2D eigenvalue weighted by molar-refractivity contribution is -0.123. The molecule has 1 rings (SSSR count). The highest BCUT2D eigenvalue weighted by molar-refractivity contribution is 5.95. The van der Waals surface area contributed by atoms with Gasteiger partial charge in [-0.2, -0.15) is 0 Å². The van der Waals surface area contributed by atoms with E-state index in [0.29, 0.717) is 6.54 Å². The van der Waals surface area contributed by atoms with Crippen LogP contribution < -0.4 is 10.6 Å². The highest BCUT2D eigenvalue weighted by atomic mass is 16.3. The molecule has 3 N–H and O–H groups in total. The second-order valence-corrected chi connectivity index (χ2v) is 5.26. The first kappa shape index (κ1) is 17.2. The van der Waals surface area contributed by atoms with Gasteiger partial charge in [-0.25, -0.2) is 0 Å². The third-order valence-electron chi connectivity index (χ3n) is 3.96. The summed E-state index contributed by atoms with van der Waals surface area (Å²) in [6.07, 6.45) is 2.94. The van der Waals surface area contributed by atoms with Crippen LogP contribution in [0.15, 0.2) is 22.8 Å². The molecule has 1 atom stereocenters. The minimum atomic E-state index is -0.673. The molecule has 118 valence electrons. The van der Waals surface area contributed by atoms with Gasteiger partial charge in [-0.3, -0.25) is 9.59 Å². The van der Waals surface area contributed by atoms with E-state index in [1.807, 2.05) is 13.8 Å². The van der Waals surface area contributed by atoms with E-state index >= 15 is 0 Å². The Bertz CT molecular complexity index is 444. The summed E-state index contributed by atoms with van der Waals surface area (Å²) in [7, 11) is 0. The van der Waals surface area contributed by atoms with Crippen molar-refractivity contribution in [1.82, 2.24) is 10.6 Å². The fourth-order valence-corrected chi connectivity index (χ4v) is 1.95. The second-order valence-electron chi connectivity index (χ2n) is 5.26. The Hall–Kier alpha value is -1.82. The third kappa shape index (κ3) is 4.60. The highest BCUT2D eigenvalue weighted by Gasteiger charge is 2.27. The van der Waals surface area contributed by atoms with Crippen LogP contribution in [0.2, 0.25) is 0 Å². The summed E-state index contributed by atoms with van der Waals surface area (Å²) >= 11 is 0. The molecule has 2 amide bonds. The van der Waals surface area contributed by atoms with Gasteiger partial charge < -0.3 is 20.2 Å². The number of aliphatic hydroxyl groups excluding tert-OH is 1. The van der Waals surface area contributed by atoms with Crippen molar-refractivity contribution in [3.63, 3.8) is 0 Å². The number of rotatable bonds is 8. The first-order valence-corrected chi connectivity index (χ1v) is 7.21. The number of carbonyl (C=O) groups is 2. The van der Waals surface area contributed by atoms with Gasteiger partial charge in [0.1, 0.15) is 6.04 Å². The van der Waals surface area contributed by atoms with Gasteiger partial charge in [0.25, 0.3) is 5.91 Å². The predicted octanol–water partition coefficient (Wildman–Crippen LogP) is 1.31. The molecule has 0 radical (unpaired) electrons. The molecule has 21 heavy (non-hydrogen) atoms. The molecular formula is C15H24N2O4. The molecule has 0 fully saturated rings. The van der Waals surface area contributed by atoms with Crippen molar-refractivity contribution in [2.75, 3.05) is 13.2 Å². The Kier molecular flexibility index (Phi) is 6.42. The summed E-state index contributed by atoms with van der Waals surface area (Å²) in [5.41, 5.74) is -0.305. The molecule has 0 bridgehead atoms. The van der Waals surface area contributed by atoms with Gasteiger partial charge >= 0.3 is 0 Å². The van der Waals surface area contributed by atoms with Crippen molar-refractivity contribution in [3.8, 4) is 0 Å². The molecule has 6 heteroatoms. The lowest BCUT2D eigenvalue weighted by Gasteiger charge is -2.30. The van der Waals surface area contributed by atoms with Crippen molar-refractivity contribution in [2.24, 2.45) is 5.41 Å². The van der Waals surface area contributed by atoms with Gasteiger partial charge in [-0.15, -0.1) is 0 Å². The largest absolute Gasteiger partial charge is 0.459 e. The van der Waals surface area contributed by atoms with Crippen LogP contribution in [0.3, 0.4) is 0 Å².